The summed E-state index contributed by atoms with van der Waals surface area (Å²) in [5, 5.41) is 2.68. The zero-order valence-corrected chi connectivity index (χ0v) is 16.5. The van der Waals surface area contributed by atoms with E-state index in [1.165, 1.54) is 0 Å². The van der Waals surface area contributed by atoms with Gasteiger partial charge in [0.1, 0.15) is 17.5 Å². The molecule has 2 aliphatic rings. The van der Waals surface area contributed by atoms with Crippen molar-refractivity contribution in [2.75, 3.05) is 7.05 Å². The summed E-state index contributed by atoms with van der Waals surface area (Å²) in [6.45, 7) is 5.70. The summed E-state index contributed by atoms with van der Waals surface area (Å²) in [6, 6.07) is 3.93. The predicted molar refractivity (Wildman–Crippen MR) is 104 cm³/mol. The molecule has 0 heterocycles. The molecule has 0 bridgehead atoms. The van der Waals surface area contributed by atoms with E-state index in [1.54, 1.807) is 14.0 Å². The highest BCUT2D eigenvalue weighted by molar-refractivity contribution is 6.10. The maximum Gasteiger partial charge on any atom is 0.222 e. The summed E-state index contributed by atoms with van der Waals surface area (Å²) >= 11 is 0. The topological polar surface area (TPSA) is 63.2 Å². The third kappa shape index (κ3) is 3.69. The van der Waals surface area contributed by atoms with Gasteiger partial charge in [-0.25, -0.2) is 0 Å². The Balaban J connectivity index is 1.75. The van der Waals surface area contributed by atoms with Crippen molar-refractivity contribution in [1.29, 1.82) is 0 Å². The van der Waals surface area contributed by atoms with Gasteiger partial charge < -0.3 is 5.32 Å². The van der Waals surface area contributed by atoms with E-state index in [9.17, 15) is 14.4 Å². The lowest BCUT2D eigenvalue weighted by atomic mass is 9.62. The molecule has 0 radical (unpaired) electrons. The number of benzene rings is 1. The van der Waals surface area contributed by atoms with Crippen LogP contribution in [0.2, 0.25) is 0 Å². The van der Waals surface area contributed by atoms with Gasteiger partial charge in [-0.05, 0) is 74.3 Å². The van der Waals surface area contributed by atoms with E-state index < -0.39 is 5.92 Å². The SMILES string of the molecule is CC#Cc1cc(C)c(C2C(=O)CC([C@H]3C[C@@H](C(=O)NC)C3)CC2=O)c(C)c1. The first-order valence-corrected chi connectivity index (χ1v) is 9.66. The number of hydrogen-bond donors (Lipinski definition) is 1. The van der Waals surface area contributed by atoms with Gasteiger partial charge >= 0.3 is 0 Å². The largest absolute Gasteiger partial charge is 0.359 e. The van der Waals surface area contributed by atoms with Crippen molar-refractivity contribution in [2.24, 2.45) is 17.8 Å². The van der Waals surface area contributed by atoms with Gasteiger partial charge in [-0.2, -0.15) is 0 Å². The second-order valence-corrected chi connectivity index (χ2v) is 7.98. The van der Waals surface area contributed by atoms with Gasteiger partial charge in [0.15, 0.2) is 0 Å². The number of ketones is 2. The average molecular weight is 365 g/mol. The smallest absolute Gasteiger partial charge is 0.222 e. The van der Waals surface area contributed by atoms with Crippen LogP contribution in [0, 0.1) is 43.4 Å². The van der Waals surface area contributed by atoms with E-state index in [4.69, 9.17) is 0 Å². The number of Topliss-reactive ketones (excluding diaryl/α,β-unsaturated/α-hetero) is 2. The lowest BCUT2D eigenvalue weighted by Gasteiger charge is -2.41. The number of amides is 1. The fourth-order valence-electron chi connectivity index (χ4n) is 4.77. The van der Waals surface area contributed by atoms with Gasteiger partial charge in [-0.1, -0.05) is 5.92 Å². The molecule has 3 rings (SSSR count). The first kappa shape index (κ1) is 19.4. The predicted octanol–water partition coefficient (Wildman–Crippen LogP) is 3.08. The minimum atomic E-state index is -0.639. The summed E-state index contributed by atoms with van der Waals surface area (Å²) < 4.78 is 0. The summed E-state index contributed by atoms with van der Waals surface area (Å²) in [4.78, 5) is 37.5. The van der Waals surface area contributed by atoms with E-state index in [-0.39, 0.29) is 29.3 Å². The number of nitrogens with one attached hydrogen (secondary N) is 1. The van der Waals surface area contributed by atoms with Crippen molar-refractivity contribution in [2.45, 2.75) is 52.4 Å². The summed E-state index contributed by atoms with van der Waals surface area (Å²) in [6.07, 6.45) is 2.46. The van der Waals surface area contributed by atoms with Crippen LogP contribution in [0.3, 0.4) is 0 Å². The molecule has 4 heteroatoms. The Morgan fingerprint density at radius 1 is 1.04 bits per heavy atom. The highest BCUT2D eigenvalue weighted by atomic mass is 16.2. The summed E-state index contributed by atoms with van der Waals surface area (Å²) in [5.41, 5.74) is 3.70. The monoisotopic (exact) mass is 365 g/mol. The maximum atomic E-state index is 12.9. The van der Waals surface area contributed by atoms with Crippen LogP contribution in [0.1, 0.15) is 60.8 Å². The number of carbonyl (C=O) groups is 3. The molecule has 0 aromatic heterocycles. The number of carbonyl (C=O) groups excluding carboxylic acids is 3. The number of rotatable bonds is 3. The lowest BCUT2D eigenvalue weighted by molar-refractivity contribution is -0.136. The first-order chi connectivity index (χ1) is 12.8. The molecule has 1 N–H and O–H groups in total. The van der Waals surface area contributed by atoms with E-state index in [0.717, 1.165) is 35.1 Å². The van der Waals surface area contributed by atoms with Crippen LogP contribution < -0.4 is 5.32 Å². The maximum absolute atomic E-state index is 12.9. The number of aryl methyl sites for hydroxylation is 2. The van der Waals surface area contributed by atoms with Crippen molar-refractivity contribution in [3.05, 3.63) is 34.4 Å². The second kappa shape index (κ2) is 7.68. The van der Waals surface area contributed by atoms with Crippen molar-refractivity contribution < 1.29 is 14.4 Å². The average Bonchev–Trinajstić information content (AvgIpc) is 2.55. The van der Waals surface area contributed by atoms with Crippen LogP contribution >= 0.6 is 0 Å². The number of hydrogen-bond acceptors (Lipinski definition) is 3. The van der Waals surface area contributed by atoms with Crippen LogP contribution in [-0.4, -0.2) is 24.5 Å². The molecule has 2 fully saturated rings. The van der Waals surface area contributed by atoms with Gasteiger partial charge in [-0.3, -0.25) is 14.4 Å². The standard InChI is InChI=1S/C23H27NO3/c1-5-6-15-7-13(2)21(14(3)8-15)22-19(25)11-17(12-20(22)26)16-9-18(10-16)23(27)24-4/h7-8,16-18,22H,9-12H2,1-4H3,(H,24,27)/t16-,17?,18+,22?. The molecule has 0 atom stereocenters. The minimum Gasteiger partial charge on any atom is -0.359 e. The quantitative estimate of drug-likeness (QED) is 0.661. The highest BCUT2D eigenvalue weighted by Gasteiger charge is 2.45. The van der Waals surface area contributed by atoms with Crippen molar-refractivity contribution in [3.8, 4) is 11.8 Å². The van der Waals surface area contributed by atoms with Gasteiger partial charge in [0, 0.05) is 31.4 Å². The normalized spacial score (nSPS) is 27.4. The zero-order chi connectivity index (χ0) is 19.7. The Morgan fingerprint density at radius 3 is 2.07 bits per heavy atom. The molecule has 27 heavy (non-hydrogen) atoms. The van der Waals surface area contributed by atoms with Crippen molar-refractivity contribution in [1.82, 2.24) is 5.32 Å². The van der Waals surface area contributed by atoms with E-state index in [2.05, 4.69) is 17.2 Å². The molecule has 2 aliphatic carbocycles. The van der Waals surface area contributed by atoms with Gasteiger partial charge in [0.25, 0.3) is 0 Å². The molecule has 0 saturated heterocycles. The summed E-state index contributed by atoms with van der Waals surface area (Å²) in [5.74, 6) is 5.86. The molecule has 1 amide bonds. The molecular formula is C23H27NO3. The van der Waals surface area contributed by atoms with Crippen LogP contribution in [0.5, 0.6) is 0 Å². The van der Waals surface area contributed by atoms with Crippen LogP contribution in [0.15, 0.2) is 12.1 Å². The van der Waals surface area contributed by atoms with E-state index in [1.807, 2.05) is 26.0 Å². The Bertz CT molecular complexity index is 811. The Labute approximate surface area is 161 Å². The first-order valence-electron chi connectivity index (χ1n) is 9.66. The van der Waals surface area contributed by atoms with Gasteiger partial charge in [0.05, 0.1) is 0 Å². The molecule has 4 nitrogen and oxygen atoms in total. The van der Waals surface area contributed by atoms with Gasteiger partial charge in [-0.15, -0.1) is 5.92 Å². The fourth-order valence-corrected chi connectivity index (χ4v) is 4.77. The minimum absolute atomic E-state index is 0.0279. The van der Waals surface area contributed by atoms with Gasteiger partial charge in [0.2, 0.25) is 5.91 Å². The van der Waals surface area contributed by atoms with Crippen LogP contribution in [-0.2, 0) is 14.4 Å². The molecule has 0 unspecified atom stereocenters. The molecule has 142 valence electrons. The Kier molecular flexibility index (Phi) is 5.51. The molecule has 0 spiro atoms. The third-order valence-corrected chi connectivity index (χ3v) is 6.18. The van der Waals surface area contributed by atoms with Crippen LogP contribution in [0.25, 0.3) is 0 Å². The van der Waals surface area contributed by atoms with E-state index >= 15 is 0 Å². The third-order valence-electron chi connectivity index (χ3n) is 6.18. The molecule has 0 aliphatic heterocycles. The van der Waals surface area contributed by atoms with Crippen molar-refractivity contribution in [3.63, 3.8) is 0 Å². The molecule has 1 aromatic rings. The fraction of sp³-hybridized carbons (Fsp3) is 0.522. The lowest BCUT2D eigenvalue weighted by Crippen LogP contribution is -2.43. The highest BCUT2D eigenvalue weighted by Crippen LogP contribution is 2.45. The second-order valence-electron chi connectivity index (χ2n) is 7.98. The van der Waals surface area contributed by atoms with E-state index in [0.29, 0.717) is 18.8 Å². The summed E-state index contributed by atoms with van der Waals surface area (Å²) in [7, 11) is 1.65. The Morgan fingerprint density at radius 2 is 1.59 bits per heavy atom. The Hall–Kier alpha value is -2.41. The van der Waals surface area contributed by atoms with Crippen molar-refractivity contribution >= 4 is 17.5 Å². The molecular weight excluding hydrogens is 338 g/mol. The zero-order valence-electron chi connectivity index (χ0n) is 16.5. The molecule has 1 aromatic carbocycles. The molecule has 2 saturated carbocycles. The van der Waals surface area contributed by atoms with Crippen LogP contribution in [0.4, 0.5) is 0 Å².